The third kappa shape index (κ3) is 6.55. The highest BCUT2D eigenvalue weighted by Crippen LogP contribution is 2.12. The predicted octanol–water partition coefficient (Wildman–Crippen LogP) is 0.735. The Bertz CT molecular complexity index is 873. The maximum Gasteiger partial charge on any atom is 0.342 e. The van der Waals surface area contributed by atoms with Crippen molar-refractivity contribution >= 4 is 23.9 Å². The van der Waals surface area contributed by atoms with Crippen LogP contribution in [-0.4, -0.2) is 39.7 Å². The van der Waals surface area contributed by atoms with Gasteiger partial charge in [-0.25, -0.2) is 15.3 Å². The van der Waals surface area contributed by atoms with Gasteiger partial charge >= 0.3 is 5.69 Å². The maximum atomic E-state index is 11.7. The smallest absolute Gasteiger partial charge is 0.342 e. The lowest BCUT2D eigenvalue weighted by Gasteiger charge is -2.08. The second kappa shape index (κ2) is 9.56. The van der Waals surface area contributed by atoms with Crippen molar-refractivity contribution in [2.24, 2.45) is 11.0 Å². The number of hydrogen-bond donors (Lipinski definition) is 3. The van der Waals surface area contributed by atoms with Crippen LogP contribution in [0.25, 0.3) is 0 Å². The highest BCUT2D eigenvalue weighted by Gasteiger charge is 2.07. The van der Waals surface area contributed by atoms with Crippen LogP contribution in [0, 0.1) is 5.92 Å². The van der Waals surface area contributed by atoms with Crippen molar-refractivity contribution in [1.82, 2.24) is 20.6 Å². The number of ether oxygens (including phenoxy) is 1. The van der Waals surface area contributed by atoms with E-state index < -0.39 is 17.2 Å². The number of aromatic amines is 2. The molecule has 26 heavy (non-hydrogen) atoms. The van der Waals surface area contributed by atoms with E-state index in [4.69, 9.17) is 4.74 Å². The van der Waals surface area contributed by atoms with Gasteiger partial charge in [0.25, 0.3) is 5.56 Å². The van der Waals surface area contributed by atoms with Crippen LogP contribution in [-0.2, 0) is 4.79 Å². The molecule has 10 heteroatoms. The average Bonchev–Trinajstić information content (AvgIpc) is 2.60. The van der Waals surface area contributed by atoms with E-state index in [2.05, 4.69) is 34.6 Å². The third-order valence-electron chi connectivity index (χ3n) is 2.89. The summed E-state index contributed by atoms with van der Waals surface area (Å²) in [6.07, 6.45) is 1.50. The minimum absolute atomic E-state index is 0.000663. The number of benzene rings is 1. The molecule has 0 aliphatic carbocycles. The number of carbonyl (C=O) groups excluding carboxylic acids is 1. The minimum atomic E-state index is -0.700. The first-order chi connectivity index (χ1) is 12.4. The van der Waals surface area contributed by atoms with Crippen LogP contribution in [0.1, 0.15) is 19.4 Å². The van der Waals surface area contributed by atoms with Crippen molar-refractivity contribution in [2.75, 3.05) is 12.4 Å². The van der Waals surface area contributed by atoms with Gasteiger partial charge in [0, 0.05) is 0 Å². The highest BCUT2D eigenvalue weighted by atomic mass is 32.2. The molecule has 1 aromatic heterocycles. The largest absolute Gasteiger partial charge is 0.493 e. The fraction of sp³-hybridized carbons (Fsp3) is 0.312. The molecule has 0 radical (unpaired) electrons. The number of aromatic nitrogens is 3. The monoisotopic (exact) mass is 377 g/mol. The Morgan fingerprint density at radius 3 is 2.73 bits per heavy atom. The average molecular weight is 377 g/mol. The summed E-state index contributed by atoms with van der Waals surface area (Å²) in [6.45, 7) is 4.80. The number of carbonyl (C=O) groups is 1. The summed E-state index contributed by atoms with van der Waals surface area (Å²) in [5.74, 6) is 0.748. The zero-order valence-corrected chi connectivity index (χ0v) is 15.1. The number of rotatable bonds is 8. The Balaban J connectivity index is 1.79. The lowest BCUT2D eigenvalue weighted by Crippen LogP contribution is -2.26. The number of hydrogen-bond acceptors (Lipinski definition) is 7. The summed E-state index contributed by atoms with van der Waals surface area (Å²) in [5.41, 5.74) is 1.81. The van der Waals surface area contributed by atoms with Gasteiger partial charge in [-0.05, 0) is 35.7 Å². The van der Waals surface area contributed by atoms with Crippen LogP contribution in [0.3, 0.4) is 0 Å². The van der Waals surface area contributed by atoms with Crippen molar-refractivity contribution in [1.29, 1.82) is 0 Å². The summed E-state index contributed by atoms with van der Waals surface area (Å²) < 4.78 is 5.58. The van der Waals surface area contributed by atoms with E-state index in [1.165, 1.54) is 6.21 Å². The van der Waals surface area contributed by atoms with E-state index >= 15 is 0 Å². The van der Waals surface area contributed by atoms with Gasteiger partial charge in [0.15, 0.2) is 5.03 Å². The molecule has 1 aromatic carbocycles. The molecule has 0 aliphatic heterocycles. The second-order valence-electron chi connectivity index (χ2n) is 5.67. The van der Waals surface area contributed by atoms with E-state index in [9.17, 15) is 14.4 Å². The highest BCUT2D eigenvalue weighted by molar-refractivity contribution is 7.99. The standard InChI is InChI=1S/C16H19N5O4S/c1-10(2)8-25-12-5-3-11(4-6-12)7-17-19-13(22)9-26-15-14(23)18-16(24)21-20-15/h3-7,10H,8-9H2,1-2H3,(H,19,22)(H2,18,21,23,24)/b17-7+. The number of amides is 1. The first-order valence-electron chi connectivity index (χ1n) is 7.80. The van der Waals surface area contributed by atoms with Crippen LogP contribution in [0.4, 0.5) is 0 Å². The Morgan fingerprint density at radius 1 is 1.35 bits per heavy atom. The van der Waals surface area contributed by atoms with Gasteiger partial charge in [-0.15, -0.1) is 0 Å². The Labute approximate surface area is 153 Å². The quantitative estimate of drug-likeness (QED) is 0.353. The van der Waals surface area contributed by atoms with Gasteiger partial charge < -0.3 is 4.74 Å². The summed E-state index contributed by atoms with van der Waals surface area (Å²) in [5, 5.41) is 9.51. The zero-order valence-electron chi connectivity index (χ0n) is 14.3. The number of nitrogens with zero attached hydrogens (tertiary/aromatic N) is 2. The van der Waals surface area contributed by atoms with Crippen LogP contribution in [0.2, 0.25) is 0 Å². The van der Waals surface area contributed by atoms with Crippen LogP contribution in [0.15, 0.2) is 44.0 Å². The second-order valence-corrected chi connectivity index (χ2v) is 6.63. The number of H-pyrrole nitrogens is 2. The molecule has 1 heterocycles. The molecule has 0 saturated heterocycles. The molecule has 1 amide bonds. The van der Waals surface area contributed by atoms with Crippen molar-refractivity contribution in [3.05, 3.63) is 50.7 Å². The lowest BCUT2D eigenvalue weighted by atomic mass is 10.2. The van der Waals surface area contributed by atoms with Gasteiger partial charge in [-0.2, -0.15) is 10.2 Å². The molecule has 9 nitrogen and oxygen atoms in total. The number of nitrogens with one attached hydrogen (secondary N) is 3. The van der Waals surface area contributed by atoms with Crippen molar-refractivity contribution in [3.63, 3.8) is 0 Å². The topological polar surface area (TPSA) is 129 Å². The Hall–Kier alpha value is -2.88. The van der Waals surface area contributed by atoms with Crippen LogP contribution < -0.4 is 21.4 Å². The van der Waals surface area contributed by atoms with E-state index in [0.29, 0.717) is 12.5 Å². The van der Waals surface area contributed by atoms with Gasteiger partial charge in [0.1, 0.15) is 5.75 Å². The van der Waals surface area contributed by atoms with Gasteiger partial charge in [-0.1, -0.05) is 25.6 Å². The Morgan fingerprint density at radius 2 is 2.08 bits per heavy atom. The molecule has 2 rings (SSSR count). The first kappa shape index (κ1) is 19.4. The van der Waals surface area contributed by atoms with Crippen LogP contribution in [0.5, 0.6) is 5.75 Å². The molecule has 0 unspecified atom stereocenters. The van der Waals surface area contributed by atoms with E-state index in [-0.39, 0.29) is 10.8 Å². The summed E-state index contributed by atoms with van der Waals surface area (Å²) in [7, 11) is 0. The molecule has 0 bridgehead atoms. The first-order valence-corrected chi connectivity index (χ1v) is 8.79. The molecule has 0 spiro atoms. The molecule has 2 aromatic rings. The number of thioether (sulfide) groups is 1. The maximum absolute atomic E-state index is 11.7. The molecular weight excluding hydrogens is 358 g/mol. The minimum Gasteiger partial charge on any atom is -0.493 e. The number of hydrazone groups is 1. The molecule has 0 saturated carbocycles. The van der Waals surface area contributed by atoms with Crippen molar-refractivity contribution in [2.45, 2.75) is 18.9 Å². The zero-order chi connectivity index (χ0) is 18.9. The fourth-order valence-corrected chi connectivity index (χ4v) is 2.32. The fourth-order valence-electron chi connectivity index (χ4n) is 1.69. The van der Waals surface area contributed by atoms with E-state index in [0.717, 1.165) is 23.1 Å². The predicted molar refractivity (Wildman–Crippen MR) is 98.7 cm³/mol. The van der Waals surface area contributed by atoms with Crippen LogP contribution >= 0.6 is 11.8 Å². The molecule has 0 atom stereocenters. The molecule has 3 N–H and O–H groups in total. The summed E-state index contributed by atoms with van der Waals surface area (Å²) in [6, 6.07) is 7.30. The Kier molecular flexibility index (Phi) is 7.15. The SMILES string of the molecule is CC(C)COc1ccc(/C=N/NC(=O)CSc2n[nH]c(=O)[nH]c2=O)cc1. The van der Waals surface area contributed by atoms with E-state index in [1.807, 2.05) is 29.2 Å². The molecule has 0 aliphatic rings. The molecular formula is C16H19N5O4S. The summed E-state index contributed by atoms with van der Waals surface area (Å²) in [4.78, 5) is 36.0. The van der Waals surface area contributed by atoms with Crippen molar-refractivity contribution < 1.29 is 9.53 Å². The van der Waals surface area contributed by atoms with Gasteiger partial charge in [0.05, 0.1) is 18.6 Å². The van der Waals surface area contributed by atoms with Gasteiger partial charge in [0.2, 0.25) is 5.91 Å². The van der Waals surface area contributed by atoms with Gasteiger partial charge in [-0.3, -0.25) is 14.6 Å². The lowest BCUT2D eigenvalue weighted by molar-refractivity contribution is -0.118. The van der Waals surface area contributed by atoms with E-state index in [1.54, 1.807) is 0 Å². The molecule has 0 fully saturated rings. The third-order valence-corrected chi connectivity index (χ3v) is 3.84. The molecule has 138 valence electrons. The summed E-state index contributed by atoms with van der Waals surface area (Å²) >= 11 is 0.892. The van der Waals surface area contributed by atoms with Crippen molar-refractivity contribution in [3.8, 4) is 5.75 Å². The normalized spacial score (nSPS) is 11.0.